The number of carbonyl (C=O) groups is 2. The Morgan fingerprint density at radius 2 is 2.00 bits per heavy atom. The van der Waals surface area contributed by atoms with Crippen LogP contribution in [0.4, 0.5) is 16.3 Å². The highest BCUT2D eigenvalue weighted by atomic mass is 16.6. The van der Waals surface area contributed by atoms with Crippen LogP contribution in [-0.4, -0.2) is 44.7 Å². The molecule has 4 aromatic rings. The number of fused-ring (bicyclic) bond motifs is 2. The zero-order chi connectivity index (χ0) is 21.5. The van der Waals surface area contributed by atoms with Gasteiger partial charge >= 0.3 is 12.1 Å². The summed E-state index contributed by atoms with van der Waals surface area (Å²) in [5.74, 6) is -0.218. The highest BCUT2D eigenvalue weighted by molar-refractivity contribution is 6.02. The third kappa shape index (κ3) is 3.54. The predicted octanol–water partition coefficient (Wildman–Crippen LogP) is 3.89. The summed E-state index contributed by atoms with van der Waals surface area (Å²) < 4.78 is 16.5. The maximum Gasteiger partial charge on any atom is 0.435 e. The van der Waals surface area contributed by atoms with Crippen molar-refractivity contribution in [2.75, 3.05) is 12.4 Å². The summed E-state index contributed by atoms with van der Waals surface area (Å²) in [6.45, 7) is 5.34. The first-order chi connectivity index (χ1) is 14.3. The lowest BCUT2D eigenvalue weighted by molar-refractivity contribution is 0.0521. The molecule has 1 N–H and O–H groups in total. The first kappa shape index (κ1) is 19.4. The predicted molar refractivity (Wildman–Crippen MR) is 108 cm³/mol. The van der Waals surface area contributed by atoms with Gasteiger partial charge in [-0.25, -0.2) is 9.59 Å². The summed E-state index contributed by atoms with van der Waals surface area (Å²) in [6.07, 6.45) is 0.999. The Kier molecular flexibility index (Phi) is 4.61. The van der Waals surface area contributed by atoms with E-state index >= 15 is 0 Å². The molecule has 0 atom stereocenters. The smallest absolute Gasteiger partial charge is 0.435 e. The highest BCUT2D eigenvalue weighted by Gasteiger charge is 2.23. The lowest BCUT2D eigenvalue weighted by atomic mass is 10.2. The molecule has 10 nitrogen and oxygen atoms in total. The van der Waals surface area contributed by atoms with Gasteiger partial charge < -0.3 is 19.3 Å². The quantitative estimate of drug-likeness (QED) is 0.502. The van der Waals surface area contributed by atoms with Crippen molar-refractivity contribution in [3.8, 4) is 0 Å². The number of aromatic nitrogens is 4. The summed E-state index contributed by atoms with van der Waals surface area (Å²) in [5.41, 5.74) is 1.43. The van der Waals surface area contributed by atoms with Gasteiger partial charge in [0.15, 0.2) is 17.1 Å². The second kappa shape index (κ2) is 7.14. The molecule has 0 radical (unpaired) electrons. The van der Waals surface area contributed by atoms with E-state index in [2.05, 4.69) is 20.6 Å². The Morgan fingerprint density at radius 1 is 1.20 bits per heavy atom. The molecular weight excluding hydrogens is 390 g/mol. The van der Waals surface area contributed by atoms with E-state index in [9.17, 15) is 9.59 Å². The average Bonchev–Trinajstić information content (AvgIpc) is 3.28. The van der Waals surface area contributed by atoms with Crippen molar-refractivity contribution in [2.45, 2.75) is 26.4 Å². The topological polar surface area (TPSA) is 121 Å². The largest absolute Gasteiger partial charge is 0.464 e. The average molecular weight is 409 g/mol. The summed E-state index contributed by atoms with van der Waals surface area (Å²) in [6, 6.07) is 8.51. The van der Waals surface area contributed by atoms with Gasteiger partial charge in [-0.05, 0) is 45.0 Å². The number of nitrogens with one attached hydrogen (secondary N) is 1. The number of hydrogen-bond donors (Lipinski definition) is 1. The number of ether oxygens (including phenoxy) is 2. The fraction of sp³-hybridized carbons (Fsp3) is 0.250. The molecule has 0 spiro atoms. The normalized spacial score (nSPS) is 11.6. The number of hydrogen-bond acceptors (Lipinski definition) is 9. The van der Waals surface area contributed by atoms with E-state index in [0.717, 1.165) is 4.68 Å². The molecule has 0 bridgehead atoms. The minimum atomic E-state index is -0.667. The van der Waals surface area contributed by atoms with Crippen LogP contribution in [0.2, 0.25) is 0 Å². The van der Waals surface area contributed by atoms with Gasteiger partial charge in [0.25, 0.3) is 0 Å². The number of esters is 1. The van der Waals surface area contributed by atoms with Crippen LogP contribution in [0.3, 0.4) is 0 Å². The molecule has 0 saturated carbocycles. The van der Waals surface area contributed by atoms with Crippen molar-refractivity contribution in [1.29, 1.82) is 0 Å². The van der Waals surface area contributed by atoms with Crippen LogP contribution < -0.4 is 5.32 Å². The Bertz CT molecular complexity index is 1270. The van der Waals surface area contributed by atoms with Crippen LogP contribution in [-0.2, 0) is 9.47 Å². The second-order valence-corrected chi connectivity index (χ2v) is 7.47. The van der Waals surface area contributed by atoms with Crippen LogP contribution >= 0.6 is 0 Å². The van der Waals surface area contributed by atoms with E-state index in [0.29, 0.717) is 33.5 Å². The van der Waals surface area contributed by atoms with E-state index < -0.39 is 17.7 Å². The van der Waals surface area contributed by atoms with Crippen LogP contribution in [0.25, 0.3) is 22.0 Å². The number of benzene rings is 1. The molecular formula is C20H19N5O5. The van der Waals surface area contributed by atoms with Crippen molar-refractivity contribution in [1.82, 2.24) is 19.9 Å². The zero-order valence-corrected chi connectivity index (χ0v) is 16.8. The fourth-order valence-corrected chi connectivity index (χ4v) is 2.88. The monoisotopic (exact) mass is 409 g/mol. The molecule has 0 aliphatic carbocycles. The molecule has 30 heavy (non-hydrogen) atoms. The summed E-state index contributed by atoms with van der Waals surface area (Å²) in [4.78, 5) is 28.6. The van der Waals surface area contributed by atoms with E-state index in [1.807, 2.05) is 0 Å². The van der Waals surface area contributed by atoms with Crippen molar-refractivity contribution in [3.63, 3.8) is 0 Å². The van der Waals surface area contributed by atoms with Crippen molar-refractivity contribution in [3.05, 3.63) is 42.2 Å². The van der Waals surface area contributed by atoms with Crippen LogP contribution in [0, 0.1) is 0 Å². The molecule has 10 heteroatoms. The molecule has 154 valence electrons. The molecule has 0 amide bonds. The highest BCUT2D eigenvalue weighted by Crippen LogP contribution is 2.28. The lowest BCUT2D eigenvalue weighted by Crippen LogP contribution is -2.27. The van der Waals surface area contributed by atoms with Crippen molar-refractivity contribution >= 4 is 45.6 Å². The molecule has 3 heterocycles. The molecule has 0 aliphatic rings. The van der Waals surface area contributed by atoms with E-state index in [-0.39, 0.29) is 5.69 Å². The van der Waals surface area contributed by atoms with Crippen LogP contribution in [0.15, 0.2) is 41.1 Å². The molecule has 0 fully saturated rings. The van der Waals surface area contributed by atoms with Crippen molar-refractivity contribution < 1.29 is 23.6 Å². The fourth-order valence-electron chi connectivity index (χ4n) is 2.88. The Balaban J connectivity index is 1.70. The first-order valence-electron chi connectivity index (χ1n) is 9.09. The minimum absolute atomic E-state index is 0.0976. The Morgan fingerprint density at radius 3 is 2.73 bits per heavy atom. The lowest BCUT2D eigenvalue weighted by Gasteiger charge is -2.19. The Labute approximate surface area is 170 Å². The number of rotatable bonds is 3. The number of pyridine rings is 1. The van der Waals surface area contributed by atoms with Gasteiger partial charge in [-0.15, -0.1) is 5.10 Å². The maximum atomic E-state index is 12.6. The second-order valence-electron chi connectivity index (χ2n) is 7.47. The van der Waals surface area contributed by atoms with Crippen LogP contribution in [0.5, 0.6) is 0 Å². The molecule has 0 aliphatic heterocycles. The third-order valence-corrected chi connectivity index (χ3v) is 4.12. The number of anilines is 2. The van der Waals surface area contributed by atoms with Crippen molar-refractivity contribution in [2.24, 2.45) is 0 Å². The Hall–Kier alpha value is -3.95. The SMILES string of the molecule is COC(=O)c1noc2cc(Nc3nn(C(=O)OC(C)(C)C)c4cccnc34)ccc12. The molecule has 1 aromatic carbocycles. The first-order valence-corrected chi connectivity index (χ1v) is 9.09. The number of methoxy groups -OCH3 is 1. The van der Waals surface area contributed by atoms with Gasteiger partial charge in [0.2, 0.25) is 0 Å². The van der Waals surface area contributed by atoms with Gasteiger partial charge in [0.05, 0.1) is 12.5 Å². The van der Waals surface area contributed by atoms with Gasteiger partial charge in [-0.2, -0.15) is 4.68 Å². The summed E-state index contributed by atoms with van der Waals surface area (Å²) in [7, 11) is 1.28. The molecule has 3 aromatic heterocycles. The molecule has 0 unspecified atom stereocenters. The van der Waals surface area contributed by atoms with Crippen LogP contribution in [0.1, 0.15) is 31.3 Å². The van der Waals surface area contributed by atoms with Gasteiger partial charge in [0, 0.05) is 18.0 Å². The van der Waals surface area contributed by atoms with Gasteiger partial charge in [0.1, 0.15) is 16.6 Å². The molecule has 0 saturated heterocycles. The maximum absolute atomic E-state index is 12.6. The summed E-state index contributed by atoms with van der Waals surface area (Å²) in [5, 5.41) is 11.7. The van der Waals surface area contributed by atoms with E-state index in [4.69, 9.17) is 14.0 Å². The van der Waals surface area contributed by atoms with E-state index in [1.165, 1.54) is 7.11 Å². The third-order valence-electron chi connectivity index (χ3n) is 4.12. The molecule has 4 rings (SSSR count). The zero-order valence-electron chi connectivity index (χ0n) is 16.8. The minimum Gasteiger partial charge on any atom is -0.464 e. The number of carbonyl (C=O) groups excluding carboxylic acids is 2. The standard InChI is InChI=1S/C20H19N5O5/c1-20(2,3)29-19(27)25-13-6-5-9-21-16(13)17(23-25)22-11-7-8-12-14(10-11)30-24-15(12)18(26)28-4/h5-10H,1-4H3,(H,22,23). The van der Waals surface area contributed by atoms with E-state index in [1.54, 1.807) is 57.3 Å². The van der Waals surface area contributed by atoms with Gasteiger partial charge in [-0.1, -0.05) is 5.16 Å². The number of nitrogens with zero attached hydrogens (tertiary/aromatic N) is 4. The van der Waals surface area contributed by atoms with Gasteiger partial charge in [-0.3, -0.25) is 4.98 Å². The summed E-state index contributed by atoms with van der Waals surface area (Å²) >= 11 is 0.